The van der Waals surface area contributed by atoms with E-state index in [9.17, 15) is 0 Å². The van der Waals surface area contributed by atoms with Crippen LogP contribution in [-0.2, 0) is 0 Å². The summed E-state index contributed by atoms with van der Waals surface area (Å²) in [5.41, 5.74) is 5.93. The number of anilines is 3. The minimum Gasteiger partial charge on any atom is -0.309 e. The lowest BCUT2D eigenvalue weighted by Gasteiger charge is -2.27. The van der Waals surface area contributed by atoms with Crippen molar-refractivity contribution in [3.63, 3.8) is 0 Å². The van der Waals surface area contributed by atoms with Crippen LogP contribution in [0.5, 0.6) is 0 Å². The summed E-state index contributed by atoms with van der Waals surface area (Å²) in [5, 5.41) is 10.2. The Hall–Kier alpha value is -5.44. The van der Waals surface area contributed by atoms with Crippen LogP contribution >= 0.6 is 11.3 Å². The summed E-state index contributed by atoms with van der Waals surface area (Å²) in [6.45, 7) is 0. The van der Waals surface area contributed by atoms with Crippen LogP contribution in [0, 0.1) is 0 Å². The van der Waals surface area contributed by atoms with Gasteiger partial charge < -0.3 is 4.90 Å². The zero-order valence-corrected chi connectivity index (χ0v) is 24.8. The normalized spacial score (nSPS) is 11.6. The molecule has 0 N–H and O–H groups in total. The Bertz CT molecular complexity index is 2520. The lowest BCUT2D eigenvalue weighted by molar-refractivity contribution is 1.31. The topological polar surface area (TPSA) is 3.24 Å². The summed E-state index contributed by atoms with van der Waals surface area (Å²) in [6.07, 6.45) is 0. The molecule has 0 saturated heterocycles. The Morgan fingerprint density at radius 3 is 1.93 bits per heavy atom. The summed E-state index contributed by atoms with van der Waals surface area (Å²) in [6, 6.07) is 59.8. The maximum Gasteiger partial charge on any atom is 0.0640 e. The molecule has 9 rings (SSSR count). The molecule has 1 nitrogen and oxygen atoms in total. The second-order valence-corrected chi connectivity index (χ2v) is 12.4. The van der Waals surface area contributed by atoms with Crippen molar-refractivity contribution in [2.24, 2.45) is 0 Å². The van der Waals surface area contributed by atoms with Gasteiger partial charge in [-0.15, -0.1) is 11.3 Å². The van der Waals surface area contributed by atoms with Crippen LogP contribution in [0.15, 0.2) is 164 Å². The highest BCUT2D eigenvalue weighted by Crippen LogP contribution is 2.46. The molecule has 0 bridgehead atoms. The third-order valence-electron chi connectivity index (χ3n) is 8.82. The van der Waals surface area contributed by atoms with Gasteiger partial charge in [0.2, 0.25) is 0 Å². The van der Waals surface area contributed by atoms with E-state index in [1.807, 2.05) is 11.3 Å². The second kappa shape index (κ2) is 10.1. The minimum atomic E-state index is 1.14. The first-order valence-electron chi connectivity index (χ1n) is 15.0. The van der Waals surface area contributed by atoms with Gasteiger partial charge in [0.05, 0.1) is 10.4 Å². The molecule has 0 amide bonds. The fourth-order valence-corrected chi connectivity index (χ4v) is 7.97. The molecule has 0 fully saturated rings. The number of rotatable bonds is 4. The Labute approximate surface area is 259 Å². The molecule has 1 heterocycles. The Balaban J connectivity index is 1.30. The fourth-order valence-electron chi connectivity index (χ4n) is 6.76. The van der Waals surface area contributed by atoms with Gasteiger partial charge in [0.1, 0.15) is 0 Å². The van der Waals surface area contributed by atoms with Crippen LogP contribution in [0.3, 0.4) is 0 Å². The van der Waals surface area contributed by atoms with Gasteiger partial charge in [-0.1, -0.05) is 127 Å². The van der Waals surface area contributed by atoms with Crippen molar-refractivity contribution >= 4 is 80.9 Å². The predicted molar refractivity (Wildman–Crippen MR) is 192 cm³/mol. The maximum absolute atomic E-state index is 2.45. The third-order valence-corrected chi connectivity index (χ3v) is 10.0. The first-order valence-corrected chi connectivity index (χ1v) is 15.8. The largest absolute Gasteiger partial charge is 0.309 e. The Morgan fingerprint density at radius 2 is 1.02 bits per heavy atom. The number of fused-ring (bicyclic) bond motifs is 7. The summed E-state index contributed by atoms with van der Waals surface area (Å²) < 4.78 is 2.60. The van der Waals surface area contributed by atoms with E-state index >= 15 is 0 Å². The Morgan fingerprint density at radius 1 is 0.386 bits per heavy atom. The number of benzene rings is 8. The lowest BCUT2D eigenvalue weighted by Crippen LogP contribution is -2.10. The van der Waals surface area contributed by atoms with Crippen LogP contribution < -0.4 is 4.90 Å². The first-order chi connectivity index (χ1) is 21.8. The van der Waals surface area contributed by atoms with Gasteiger partial charge in [-0.3, -0.25) is 0 Å². The van der Waals surface area contributed by atoms with Gasteiger partial charge >= 0.3 is 0 Å². The van der Waals surface area contributed by atoms with Gasteiger partial charge in [-0.2, -0.15) is 0 Å². The number of hydrogen-bond donors (Lipinski definition) is 0. The molecule has 0 atom stereocenters. The highest BCUT2D eigenvalue weighted by atomic mass is 32.1. The third kappa shape index (κ3) is 4.00. The first kappa shape index (κ1) is 25.1. The average molecular weight is 578 g/mol. The predicted octanol–water partition coefficient (Wildman–Crippen LogP) is 12.7. The smallest absolute Gasteiger partial charge is 0.0640 e. The molecule has 0 saturated carbocycles. The quantitative estimate of drug-likeness (QED) is 0.188. The summed E-state index contributed by atoms with van der Waals surface area (Å²) in [4.78, 5) is 2.45. The van der Waals surface area contributed by atoms with Gasteiger partial charge in [-0.25, -0.2) is 0 Å². The molecular weight excluding hydrogens is 551 g/mol. The van der Waals surface area contributed by atoms with Crippen LogP contribution in [0.2, 0.25) is 0 Å². The summed E-state index contributed by atoms with van der Waals surface area (Å²) in [7, 11) is 0. The molecule has 206 valence electrons. The van der Waals surface area contributed by atoms with Crippen molar-refractivity contribution in [2.45, 2.75) is 0 Å². The van der Waals surface area contributed by atoms with Gasteiger partial charge in [0.15, 0.2) is 0 Å². The highest BCUT2D eigenvalue weighted by Gasteiger charge is 2.19. The molecule has 0 unspecified atom stereocenters. The zero-order chi connectivity index (χ0) is 29.0. The van der Waals surface area contributed by atoms with Crippen LogP contribution in [0.1, 0.15) is 0 Å². The lowest BCUT2D eigenvalue weighted by atomic mass is 9.97. The van der Waals surface area contributed by atoms with Crippen LogP contribution in [0.4, 0.5) is 17.1 Å². The Kier molecular flexibility index (Phi) is 5.75. The van der Waals surface area contributed by atoms with E-state index in [1.165, 1.54) is 69.3 Å². The molecule has 9 aromatic rings. The second-order valence-electron chi connectivity index (χ2n) is 11.4. The van der Waals surface area contributed by atoms with Gasteiger partial charge in [0, 0.05) is 26.8 Å². The maximum atomic E-state index is 2.45. The van der Waals surface area contributed by atoms with E-state index in [1.54, 1.807) is 0 Å². The van der Waals surface area contributed by atoms with Crippen LogP contribution in [0.25, 0.3) is 63.6 Å². The van der Waals surface area contributed by atoms with E-state index in [0.29, 0.717) is 0 Å². The zero-order valence-electron chi connectivity index (χ0n) is 23.9. The van der Waals surface area contributed by atoms with E-state index in [0.717, 1.165) is 11.4 Å². The van der Waals surface area contributed by atoms with Gasteiger partial charge in [0.25, 0.3) is 0 Å². The highest BCUT2D eigenvalue weighted by molar-refractivity contribution is 7.26. The van der Waals surface area contributed by atoms with E-state index < -0.39 is 0 Å². The molecule has 1 aromatic heterocycles. The molecule has 0 aliphatic carbocycles. The van der Waals surface area contributed by atoms with E-state index in [4.69, 9.17) is 0 Å². The molecule has 0 aliphatic rings. The number of thiophene rings is 1. The summed E-state index contributed by atoms with van der Waals surface area (Å²) in [5.74, 6) is 0. The van der Waals surface area contributed by atoms with Crippen molar-refractivity contribution in [3.8, 4) is 11.1 Å². The molecule has 2 heteroatoms. The van der Waals surface area contributed by atoms with Gasteiger partial charge in [-0.05, 0) is 79.8 Å². The SMILES string of the molecule is c1cc(-c2cccc3ccccc23)cc(N(c2ccc3c(ccc4ccccc43)c2)c2cccc3c2sc2ccccc23)c1. The van der Waals surface area contributed by atoms with Crippen molar-refractivity contribution in [1.29, 1.82) is 0 Å². The standard InChI is InChI=1S/C42H27NS/c1-3-15-34-28(10-1)12-8-18-36(34)30-13-7-14-32(26-30)43(40-20-9-19-39-38-17-5-6-21-41(38)44-42(39)40)33-24-25-37-31(27-33)23-22-29-11-2-4-16-35(29)37/h1-27H. The molecular formula is C42H27NS. The molecule has 8 aromatic carbocycles. The molecule has 0 radical (unpaired) electrons. The van der Waals surface area contributed by atoms with Crippen molar-refractivity contribution < 1.29 is 0 Å². The van der Waals surface area contributed by atoms with Crippen LogP contribution in [-0.4, -0.2) is 0 Å². The summed E-state index contributed by atoms with van der Waals surface area (Å²) >= 11 is 1.87. The van der Waals surface area contributed by atoms with E-state index in [-0.39, 0.29) is 0 Å². The van der Waals surface area contributed by atoms with Crippen molar-refractivity contribution in [2.75, 3.05) is 4.90 Å². The van der Waals surface area contributed by atoms with E-state index in [2.05, 4.69) is 169 Å². The molecule has 0 spiro atoms. The monoisotopic (exact) mass is 577 g/mol. The van der Waals surface area contributed by atoms with Crippen molar-refractivity contribution in [1.82, 2.24) is 0 Å². The number of nitrogens with zero attached hydrogens (tertiary/aromatic N) is 1. The van der Waals surface area contributed by atoms with Crippen molar-refractivity contribution in [3.05, 3.63) is 164 Å². The average Bonchev–Trinajstić information content (AvgIpc) is 3.48. The molecule has 0 aliphatic heterocycles. The number of hydrogen-bond acceptors (Lipinski definition) is 2. The minimum absolute atomic E-state index is 1.14. The fraction of sp³-hybridized carbons (Fsp3) is 0. The molecule has 44 heavy (non-hydrogen) atoms.